The lowest BCUT2D eigenvalue weighted by Crippen LogP contribution is -2.30. The second-order valence-corrected chi connectivity index (χ2v) is 4.57. The Morgan fingerprint density at radius 2 is 2.35 bits per heavy atom. The Morgan fingerprint density at radius 3 is 3.06 bits per heavy atom. The predicted molar refractivity (Wildman–Crippen MR) is 68.0 cm³/mol. The molecule has 0 aliphatic carbocycles. The number of carbonyl (C=O) groups is 1. The molecule has 92 valence electrons. The van der Waals surface area contributed by atoms with Crippen molar-refractivity contribution in [1.29, 1.82) is 0 Å². The molecule has 1 heterocycles. The summed E-state index contributed by atoms with van der Waals surface area (Å²) < 4.78 is 5.28. The average Bonchev–Trinajstić information content (AvgIpc) is 2.35. The summed E-state index contributed by atoms with van der Waals surface area (Å²) in [6, 6.07) is 5.02. The zero-order valence-electron chi connectivity index (χ0n) is 9.41. The van der Waals surface area contributed by atoms with Crippen LogP contribution in [0.1, 0.15) is 12.8 Å². The molecule has 3 N–H and O–H groups in total. The predicted octanol–water partition coefficient (Wildman–Crippen LogP) is 2.29. The van der Waals surface area contributed by atoms with Crippen LogP contribution in [0.4, 0.5) is 11.4 Å². The van der Waals surface area contributed by atoms with Gasteiger partial charge in [-0.1, -0.05) is 11.6 Å². The third-order valence-electron chi connectivity index (χ3n) is 2.80. The molecule has 4 nitrogen and oxygen atoms in total. The van der Waals surface area contributed by atoms with Crippen LogP contribution in [-0.4, -0.2) is 19.1 Å². The van der Waals surface area contributed by atoms with Gasteiger partial charge in [0.05, 0.1) is 23.9 Å². The van der Waals surface area contributed by atoms with Gasteiger partial charge in [0.1, 0.15) is 0 Å². The van der Waals surface area contributed by atoms with E-state index in [0.717, 1.165) is 19.4 Å². The molecular formula is C12H15ClN2O2. The van der Waals surface area contributed by atoms with E-state index in [1.54, 1.807) is 18.2 Å². The van der Waals surface area contributed by atoms with Crippen molar-refractivity contribution in [2.75, 3.05) is 24.3 Å². The lowest BCUT2D eigenvalue weighted by Gasteiger charge is -2.21. The number of nitrogens with one attached hydrogen (secondary N) is 1. The van der Waals surface area contributed by atoms with Crippen molar-refractivity contribution >= 4 is 28.9 Å². The summed E-state index contributed by atoms with van der Waals surface area (Å²) in [5, 5.41) is 3.34. The molecule has 1 fully saturated rings. The van der Waals surface area contributed by atoms with Gasteiger partial charge in [-0.05, 0) is 31.0 Å². The number of ether oxygens (including phenoxy) is 1. The molecule has 1 aromatic carbocycles. The monoisotopic (exact) mass is 254 g/mol. The number of hydrogen-bond acceptors (Lipinski definition) is 3. The number of halogens is 1. The van der Waals surface area contributed by atoms with Crippen LogP contribution in [0.15, 0.2) is 18.2 Å². The molecular weight excluding hydrogens is 240 g/mol. The maximum absolute atomic E-state index is 11.9. The Hall–Kier alpha value is -1.26. The van der Waals surface area contributed by atoms with Crippen LogP contribution < -0.4 is 11.1 Å². The molecule has 1 amide bonds. The number of anilines is 2. The standard InChI is InChI=1S/C12H15ClN2O2/c13-9-3-4-10(14)11(6-9)15-12(16)8-2-1-5-17-7-8/h3-4,6,8H,1-2,5,7,14H2,(H,15,16). The molecule has 1 saturated heterocycles. The maximum atomic E-state index is 11.9. The van der Waals surface area contributed by atoms with E-state index in [-0.39, 0.29) is 11.8 Å². The highest BCUT2D eigenvalue weighted by Crippen LogP contribution is 2.24. The third-order valence-corrected chi connectivity index (χ3v) is 3.04. The van der Waals surface area contributed by atoms with Crippen LogP contribution in [0.25, 0.3) is 0 Å². The van der Waals surface area contributed by atoms with Crippen LogP contribution in [0.2, 0.25) is 5.02 Å². The molecule has 0 spiro atoms. The van der Waals surface area contributed by atoms with Gasteiger partial charge in [0, 0.05) is 11.6 Å². The smallest absolute Gasteiger partial charge is 0.229 e. The SMILES string of the molecule is Nc1ccc(Cl)cc1NC(=O)C1CCCOC1. The summed E-state index contributed by atoms with van der Waals surface area (Å²) in [4.78, 5) is 11.9. The minimum Gasteiger partial charge on any atom is -0.397 e. The zero-order valence-corrected chi connectivity index (χ0v) is 10.2. The van der Waals surface area contributed by atoms with E-state index in [1.807, 2.05) is 0 Å². The summed E-state index contributed by atoms with van der Waals surface area (Å²) in [6.45, 7) is 1.22. The second kappa shape index (κ2) is 5.38. The fraction of sp³-hybridized carbons (Fsp3) is 0.417. The van der Waals surface area contributed by atoms with Gasteiger partial charge in [-0.25, -0.2) is 0 Å². The van der Waals surface area contributed by atoms with Crippen molar-refractivity contribution in [1.82, 2.24) is 0 Å². The van der Waals surface area contributed by atoms with E-state index in [2.05, 4.69) is 5.32 Å². The fourth-order valence-corrected chi connectivity index (χ4v) is 1.99. The zero-order chi connectivity index (χ0) is 12.3. The summed E-state index contributed by atoms with van der Waals surface area (Å²) in [7, 11) is 0. The highest BCUT2D eigenvalue weighted by Gasteiger charge is 2.22. The highest BCUT2D eigenvalue weighted by atomic mass is 35.5. The second-order valence-electron chi connectivity index (χ2n) is 4.13. The van der Waals surface area contributed by atoms with Crippen molar-refractivity contribution in [3.8, 4) is 0 Å². The van der Waals surface area contributed by atoms with Gasteiger partial charge in [0.15, 0.2) is 0 Å². The number of rotatable bonds is 2. The van der Waals surface area contributed by atoms with E-state index in [4.69, 9.17) is 22.1 Å². The Balaban J connectivity index is 2.04. The highest BCUT2D eigenvalue weighted by molar-refractivity contribution is 6.31. The van der Waals surface area contributed by atoms with Gasteiger partial charge >= 0.3 is 0 Å². The molecule has 1 aliphatic heterocycles. The van der Waals surface area contributed by atoms with Gasteiger partial charge in [-0.15, -0.1) is 0 Å². The molecule has 0 bridgehead atoms. The Morgan fingerprint density at radius 1 is 1.53 bits per heavy atom. The minimum atomic E-state index is -0.0952. The van der Waals surface area contributed by atoms with Gasteiger partial charge in [-0.3, -0.25) is 4.79 Å². The minimum absolute atomic E-state index is 0.0568. The number of nitrogens with two attached hydrogens (primary N) is 1. The molecule has 2 rings (SSSR count). The van der Waals surface area contributed by atoms with E-state index >= 15 is 0 Å². The summed E-state index contributed by atoms with van der Waals surface area (Å²) >= 11 is 5.85. The molecule has 0 aromatic heterocycles. The maximum Gasteiger partial charge on any atom is 0.229 e. The molecule has 5 heteroatoms. The summed E-state index contributed by atoms with van der Waals surface area (Å²) in [5.41, 5.74) is 6.84. The van der Waals surface area contributed by atoms with Gasteiger partial charge in [-0.2, -0.15) is 0 Å². The first-order valence-corrected chi connectivity index (χ1v) is 5.98. The van der Waals surface area contributed by atoms with Gasteiger partial charge in [0.2, 0.25) is 5.91 Å². The van der Waals surface area contributed by atoms with E-state index < -0.39 is 0 Å². The average molecular weight is 255 g/mol. The first kappa shape index (κ1) is 12.2. The molecule has 0 saturated carbocycles. The topological polar surface area (TPSA) is 64.3 Å². The van der Waals surface area contributed by atoms with Crippen molar-refractivity contribution in [2.24, 2.45) is 5.92 Å². The number of hydrogen-bond donors (Lipinski definition) is 2. The first-order valence-electron chi connectivity index (χ1n) is 5.60. The van der Waals surface area contributed by atoms with Crippen LogP contribution in [0, 0.1) is 5.92 Å². The number of carbonyl (C=O) groups excluding carboxylic acids is 1. The van der Waals surface area contributed by atoms with Crippen molar-refractivity contribution in [3.63, 3.8) is 0 Å². The van der Waals surface area contributed by atoms with Crippen LogP contribution in [0.5, 0.6) is 0 Å². The number of benzene rings is 1. The van der Waals surface area contributed by atoms with Gasteiger partial charge < -0.3 is 15.8 Å². The van der Waals surface area contributed by atoms with Crippen molar-refractivity contribution in [2.45, 2.75) is 12.8 Å². The van der Waals surface area contributed by atoms with Gasteiger partial charge in [0.25, 0.3) is 0 Å². The third kappa shape index (κ3) is 3.11. The lowest BCUT2D eigenvalue weighted by molar-refractivity contribution is -0.123. The molecule has 1 aromatic rings. The normalized spacial score (nSPS) is 19.9. The number of amides is 1. The van der Waals surface area contributed by atoms with E-state index in [9.17, 15) is 4.79 Å². The Bertz CT molecular complexity index is 417. The largest absolute Gasteiger partial charge is 0.397 e. The summed E-state index contributed by atoms with van der Waals surface area (Å²) in [5.74, 6) is -0.152. The van der Waals surface area contributed by atoms with Crippen molar-refractivity contribution < 1.29 is 9.53 Å². The van der Waals surface area contributed by atoms with Crippen LogP contribution >= 0.6 is 11.6 Å². The molecule has 1 aliphatic rings. The van der Waals surface area contributed by atoms with Crippen LogP contribution in [0.3, 0.4) is 0 Å². The molecule has 0 radical (unpaired) electrons. The summed E-state index contributed by atoms with van der Waals surface area (Å²) in [6.07, 6.45) is 1.77. The van der Waals surface area contributed by atoms with E-state index in [1.165, 1.54) is 0 Å². The lowest BCUT2D eigenvalue weighted by atomic mass is 10.0. The Labute approximate surface area is 105 Å². The first-order chi connectivity index (χ1) is 8.16. The van der Waals surface area contributed by atoms with Crippen LogP contribution in [-0.2, 0) is 9.53 Å². The van der Waals surface area contributed by atoms with Crippen molar-refractivity contribution in [3.05, 3.63) is 23.2 Å². The molecule has 1 atom stereocenters. The molecule has 1 unspecified atom stereocenters. The van der Waals surface area contributed by atoms with E-state index in [0.29, 0.717) is 23.0 Å². The fourth-order valence-electron chi connectivity index (χ4n) is 1.82. The Kier molecular flexibility index (Phi) is 3.86. The molecule has 17 heavy (non-hydrogen) atoms. The quantitative estimate of drug-likeness (QED) is 0.796. The number of nitrogen functional groups attached to an aromatic ring is 1.